The van der Waals surface area contributed by atoms with Crippen LogP contribution < -0.4 is 10.6 Å². The molecule has 25 heavy (non-hydrogen) atoms. The van der Waals surface area contributed by atoms with Crippen molar-refractivity contribution in [2.24, 2.45) is 4.99 Å². The molecule has 2 aromatic rings. The third kappa shape index (κ3) is 7.05. The Morgan fingerprint density at radius 3 is 2.76 bits per heavy atom. The van der Waals surface area contributed by atoms with Crippen LogP contribution in [-0.4, -0.2) is 34.5 Å². The van der Waals surface area contributed by atoms with E-state index in [0.29, 0.717) is 12.5 Å². The minimum absolute atomic E-state index is 0. The zero-order valence-electron chi connectivity index (χ0n) is 15.2. The van der Waals surface area contributed by atoms with Crippen molar-refractivity contribution < 1.29 is 4.52 Å². The molecule has 0 spiro atoms. The van der Waals surface area contributed by atoms with E-state index < -0.39 is 0 Å². The lowest BCUT2D eigenvalue weighted by molar-refractivity contribution is 0.368. The van der Waals surface area contributed by atoms with Gasteiger partial charge in [0.05, 0.1) is 12.2 Å². The Bertz CT molecular complexity index is 606. The van der Waals surface area contributed by atoms with Crippen molar-refractivity contribution in [2.75, 3.05) is 13.6 Å². The number of hydrogen-bond donors (Lipinski definition) is 2. The molecule has 0 bridgehead atoms. The molecule has 0 aliphatic heterocycles. The second kappa shape index (κ2) is 11.9. The number of aryl methyl sites for hydroxylation is 1. The van der Waals surface area contributed by atoms with Crippen LogP contribution in [0.1, 0.15) is 50.5 Å². The molecule has 8 heteroatoms. The fraction of sp³-hybridized carbons (Fsp3) is 0.588. The Morgan fingerprint density at radius 1 is 1.32 bits per heavy atom. The Morgan fingerprint density at radius 2 is 2.12 bits per heavy atom. The molecule has 140 valence electrons. The first-order valence-electron chi connectivity index (χ1n) is 8.64. The molecule has 0 saturated heterocycles. The number of hydrogen-bond acceptors (Lipinski definition) is 4. The monoisotopic (exact) mass is 460 g/mol. The summed E-state index contributed by atoms with van der Waals surface area (Å²) in [5.74, 6) is 2.06. The Hall–Kier alpha value is -1.58. The minimum Gasteiger partial charge on any atom is -0.359 e. The van der Waals surface area contributed by atoms with Gasteiger partial charge in [0, 0.05) is 44.5 Å². The summed E-state index contributed by atoms with van der Waals surface area (Å²) in [5, 5.41) is 14.9. The van der Waals surface area contributed by atoms with Crippen molar-refractivity contribution >= 4 is 29.9 Å². The Labute approximate surface area is 166 Å². The van der Waals surface area contributed by atoms with E-state index in [1.165, 1.54) is 0 Å². The van der Waals surface area contributed by atoms with Crippen LogP contribution in [-0.2, 0) is 13.1 Å². The lowest BCUT2D eigenvalue weighted by Crippen LogP contribution is -2.37. The second-order valence-corrected chi connectivity index (χ2v) is 5.71. The summed E-state index contributed by atoms with van der Waals surface area (Å²) in [6.45, 7) is 6.64. The molecule has 0 aliphatic carbocycles. The maximum Gasteiger partial charge on any atom is 0.191 e. The zero-order chi connectivity index (χ0) is 17.2. The molecule has 0 amide bonds. The predicted octanol–water partition coefficient (Wildman–Crippen LogP) is 3.15. The molecule has 2 aromatic heterocycles. The van der Waals surface area contributed by atoms with E-state index in [-0.39, 0.29) is 24.0 Å². The number of nitrogens with one attached hydrogen (secondary N) is 2. The molecular formula is C17H29IN6O. The molecule has 0 aliphatic rings. The number of guanidine groups is 1. The molecule has 0 aromatic carbocycles. The highest BCUT2D eigenvalue weighted by molar-refractivity contribution is 14.0. The van der Waals surface area contributed by atoms with E-state index in [0.717, 1.165) is 49.8 Å². The van der Waals surface area contributed by atoms with Gasteiger partial charge in [-0.2, -0.15) is 5.10 Å². The lowest BCUT2D eigenvalue weighted by Gasteiger charge is -2.10. The summed E-state index contributed by atoms with van der Waals surface area (Å²) >= 11 is 0. The molecule has 2 rings (SSSR count). The lowest BCUT2D eigenvalue weighted by atomic mass is 9.99. The molecule has 2 heterocycles. The van der Waals surface area contributed by atoms with Crippen molar-refractivity contribution in [3.63, 3.8) is 0 Å². The van der Waals surface area contributed by atoms with E-state index in [9.17, 15) is 0 Å². The average Bonchev–Trinajstić information content (AvgIpc) is 3.27. The number of nitrogens with zero attached hydrogens (tertiary/aromatic N) is 4. The van der Waals surface area contributed by atoms with Gasteiger partial charge in [0.2, 0.25) is 0 Å². The molecule has 0 atom stereocenters. The molecule has 7 nitrogen and oxygen atoms in total. The van der Waals surface area contributed by atoms with E-state index in [1.54, 1.807) is 13.2 Å². The summed E-state index contributed by atoms with van der Waals surface area (Å²) < 4.78 is 7.33. The second-order valence-electron chi connectivity index (χ2n) is 5.71. The standard InChI is InChI=1S/C17H28N6O.HI/c1-4-14(5-2)16-12-15(24-22-16)13-20-17(18-3)19-8-6-10-23-11-7-9-21-23;/h7,9,11-12,14H,4-6,8,10,13H2,1-3H3,(H2,18,19,20);1H. The van der Waals surface area contributed by atoms with Crippen LogP contribution in [0.2, 0.25) is 0 Å². The van der Waals surface area contributed by atoms with Gasteiger partial charge in [0.1, 0.15) is 0 Å². The van der Waals surface area contributed by atoms with Crippen molar-refractivity contribution in [3.8, 4) is 0 Å². The van der Waals surface area contributed by atoms with Crippen molar-refractivity contribution in [1.82, 2.24) is 25.6 Å². The van der Waals surface area contributed by atoms with Gasteiger partial charge in [-0.05, 0) is 25.3 Å². The molecular weight excluding hydrogens is 431 g/mol. The summed E-state index contributed by atoms with van der Waals surface area (Å²) in [4.78, 5) is 4.22. The zero-order valence-corrected chi connectivity index (χ0v) is 17.6. The van der Waals surface area contributed by atoms with E-state index in [4.69, 9.17) is 4.52 Å². The summed E-state index contributed by atoms with van der Waals surface area (Å²) in [6.07, 6.45) is 6.89. The van der Waals surface area contributed by atoms with E-state index in [1.807, 2.05) is 23.0 Å². The average molecular weight is 460 g/mol. The van der Waals surface area contributed by atoms with Gasteiger partial charge in [-0.25, -0.2) is 0 Å². The third-order valence-corrected chi connectivity index (χ3v) is 4.05. The highest BCUT2D eigenvalue weighted by Gasteiger charge is 2.13. The number of aromatic nitrogens is 3. The van der Waals surface area contributed by atoms with Gasteiger partial charge in [-0.1, -0.05) is 19.0 Å². The van der Waals surface area contributed by atoms with Crippen molar-refractivity contribution in [2.45, 2.75) is 52.1 Å². The molecule has 0 unspecified atom stereocenters. The van der Waals surface area contributed by atoms with Crippen LogP contribution in [0.25, 0.3) is 0 Å². The highest BCUT2D eigenvalue weighted by Crippen LogP contribution is 2.22. The molecule has 0 fully saturated rings. The number of halogens is 1. The summed E-state index contributed by atoms with van der Waals surface area (Å²) in [7, 11) is 1.76. The van der Waals surface area contributed by atoms with Crippen molar-refractivity contribution in [1.29, 1.82) is 0 Å². The highest BCUT2D eigenvalue weighted by atomic mass is 127. The fourth-order valence-corrected chi connectivity index (χ4v) is 2.58. The van der Waals surface area contributed by atoms with Gasteiger partial charge in [0.15, 0.2) is 11.7 Å². The quantitative estimate of drug-likeness (QED) is 0.260. The SMILES string of the molecule is CCC(CC)c1cc(CNC(=NC)NCCCn2cccn2)on1.I. The van der Waals surface area contributed by atoms with Crippen LogP contribution in [0.5, 0.6) is 0 Å². The fourth-order valence-electron chi connectivity index (χ4n) is 2.58. The van der Waals surface area contributed by atoms with Crippen LogP contribution in [0.3, 0.4) is 0 Å². The van der Waals surface area contributed by atoms with Crippen LogP contribution in [0.15, 0.2) is 34.0 Å². The van der Waals surface area contributed by atoms with Gasteiger partial charge in [0.25, 0.3) is 0 Å². The maximum absolute atomic E-state index is 5.41. The van der Waals surface area contributed by atoms with E-state index >= 15 is 0 Å². The first-order chi connectivity index (χ1) is 11.8. The van der Waals surface area contributed by atoms with Crippen LogP contribution in [0, 0.1) is 0 Å². The summed E-state index contributed by atoms with van der Waals surface area (Å²) in [5.41, 5.74) is 1.04. The molecule has 0 radical (unpaired) electrons. The smallest absolute Gasteiger partial charge is 0.191 e. The van der Waals surface area contributed by atoms with Crippen molar-refractivity contribution in [3.05, 3.63) is 36.0 Å². The van der Waals surface area contributed by atoms with Crippen LogP contribution in [0.4, 0.5) is 0 Å². The van der Waals surface area contributed by atoms with Gasteiger partial charge in [-0.15, -0.1) is 24.0 Å². The van der Waals surface area contributed by atoms with Gasteiger partial charge < -0.3 is 15.2 Å². The minimum atomic E-state index is 0. The maximum atomic E-state index is 5.41. The first kappa shape index (κ1) is 21.5. The predicted molar refractivity (Wildman–Crippen MR) is 110 cm³/mol. The molecule has 2 N–H and O–H groups in total. The Kier molecular flexibility index (Phi) is 10.2. The molecule has 0 saturated carbocycles. The largest absolute Gasteiger partial charge is 0.359 e. The first-order valence-corrected chi connectivity index (χ1v) is 8.64. The van der Waals surface area contributed by atoms with Gasteiger partial charge in [-0.3, -0.25) is 9.67 Å². The van der Waals surface area contributed by atoms with Gasteiger partial charge >= 0.3 is 0 Å². The third-order valence-electron chi connectivity index (χ3n) is 4.05. The summed E-state index contributed by atoms with van der Waals surface area (Å²) in [6, 6.07) is 3.97. The normalized spacial score (nSPS) is 11.4. The van der Waals surface area contributed by atoms with Crippen LogP contribution >= 0.6 is 24.0 Å². The topological polar surface area (TPSA) is 80.3 Å². The Balaban J connectivity index is 0.00000312. The number of aliphatic imine (C=N–C) groups is 1. The van der Waals surface area contributed by atoms with E-state index in [2.05, 4.69) is 39.7 Å². The number of rotatable bonds is 9.